The summed E-state index contributed by atoms with van der Waals surface area (Å²) in [6.07, 6.45) is 5.68. The molecule has 1 aliphatic rings. The maximum atomic E-state index is 11.4. The Labute approximate surface area is 110 Å². The highest BCUT2D eigenvalue weighted by Crippen LogP contribution is 2.37. The Balaban J connectivity index is 2.15. The molecule has 0 aromatic heterocycles. The highest BCUT2D eigenvalue weighted by Gasteiger charge is 2.34. The summed E-state index contributed by atoms with van der Waals surface area (Å²) >= 11 is 0. The quantitative estimate of drug-likeness (QED) is 0.757. The molecule has 0 heterocycles. The number of anilines is 1. The van der Waals surface area contributed by atoms with Crippen molar-refractivity contribution in [2.24, 2.45) is 5.41 Å². The van der Waals surface area contributed by atoms with Crippen molar-refractivity contribution in [3.8, 4) is 0 Å². The van der Waals surface area contributed by atoms with E-state index in [1.54, 1.807) is 0 Å². The van der Waals surface area contributed by atoms with E-state index in [0.717, 1.165) is 19.4 Å². The molecule has 1 saturated carbocycles. The average molecular weight is 245 g/mol. The molecule has 2 heteroatoms. The van der Waals surface area contributed by atoms with Gasteiger partial charge in [0.05, 0.1) is 0 Å². The summed E-state index contributed by atoms with van der Waals surface area (Å²) < 4.78 is 0. The number of carbonyl (C=O) groups is 1. The second-order valence-corrected chi connectivity index (χ2v) is 5.89. The van der Waals surface area contributed by atoms with Crippen LogP contribution in [0.3, 0.4) is 0 Å². The zero-order valence-corrected chi connectivity index (χ0v) is 11.7. The predicted octanol–water partition coefficient (Wildman–Crippen LogP) is 3.50. The third kappa shape index (κ3) is 2.74. The van der Waals surface area contributed by atoms with Crippen molar-refractivity contribution in [1.29, 1.82) is 0 Å². The Bertz CT molecular complexity index is 412. The molecule has 1 aliphatic carbocycles. The van der Waals surface area contributed by atoms with E-state index >= 15 is 0 Å². The molecule has 1 aromatic rings. The highest BCUT2D eigenvalue weighted by atomic mass is 16.1. The molecule has 2 rings (SSSR count). The van der Waals surface area contributed by atoms with Crippen molar-refractivity contribution >= 4 is 12.0 Å². The Morgan fingerprint density at radius 2 is 1.72 bits per heavy atom. The van der Waals surface area contributed by atoms with Gasteiger partial charge in [-0.15, -0.1) is 0 Å². The fourth-order valence-corrected chi connectivity index (χ4v) is 3.13. The molecule has 2 nitrogen and oxygen atoms in total. The van der Waals surface area contributed by atoms with Crippen molar-refractivity contribution < 1.29 is 4.79 Å². The zero-order chi connectivity index (χ0) is 13.2. The van der Waals surface area contributed by atoms with Gasteiger partial charge in [-0.1, -0.05) is 18.9 Å². The van der Waals surface area contributed by atoms with Crippen molar-refractivity contribution in [2.45, 2.75) is 39.5 Å². The molecule has 18 heavy (non-hydrogen) atoms. The number of carbonyl (C=O) groups excluding carboxylic acids is 1. The molecule has 0 atom stereocenters. The Kier molecular flexibility index (Phi) is 3.74. The number of hydrogen-bond donors (Lipinski definition) is 0. The van der Waals surface area contributed by atoms with Gasteiger partial charge in [-0.2, -0.15) is 0 Å². The third-order valence-electron chi connectivity index (χ3n) is 4.05. The standard InChI is InChI=1S/C16H23NO/c1-13-8-14(2)10-15(9-13)17(3)11-16(12-18)6-4-5-7-16/h8-10,12H,4-7,11H2,1-3H3. The van der Waals surface area contributed by atoms with Gasteiger partial charge in [0.2, 0.25) is 0 Å². The molecule has 0 saturated heterocycles. The first-order chi connectivity index (χ1) is 8.54. The number of rotatable bonds is 4. The van der Waals surface area contributed by atoms with Crippen LogP contribution in [0.2, 0.25) is 0 Å². The number of hydrogen-bond acceptors (Lipinski definition) is 2. The SMILES string of the molecule is Cc1cc(C)cc(N(C)CC2(C=O)CCCC2)c1. The van der Waals surface area contributed by atoms with Gasteiger partial charge in [-0.25, -0.2) is 0 Å². The van der Waals surface area contributed by atoms with Crippen LogP contribution < -0.4 is 4.90 Å². The van der Waals surface area contributed by atoms with Gasteiger partial charge in [0.25, 0.3) is 0 Å². The number of benzene rings is 1. The maximum Gasteiger partial charge on any atom is 0.127 e. The van der Waals surface area contributed by atoms with Crippen molar-refractivity contribution in [3.63, 3.8) is 0 Å². The fraction of sp³-hybridized carbons (Fsp3) is 0.562. The molecule has 0 spiro atoms. The molecule has 0 bridgehead atoms. The topological polar surface area (TPSA) is 20.3 Å². The number of nitrogens with zero attached hydrogens (tertiary/aromatic N) is 1. The van der Waals surface area contributed by atoms with Gasteiger partial charge >= 0.3 is 0 Å². The molecule has 0 radical (unpaired) electrons. The summed E-state index contributed by atoms with van der Waals surface area (Å²) in [5, 5.41) is 0. The monoisotopic (exact) mass is 245 g/mol. The Morgan fingerprint density at radius 3 is 2.22 bits per heavy atom. The van der Waals surface area contributed by atoms with E-state index in [1.165, 1.54) is 35.9 Å². The largest absolute Gasteiger partial charge is 0.374 e. The van der Waals surface area contributed by atoms with E-state index < -0.39 is 0 Å². The lowest BCUT2D eigenvalue weighted by molar-refractivity contribution is -0.115. The van der Waals surface area contributed by atoms with E-state index in [4.69, 9.17) is 0 Å². The van der Waals surface area contributed by atoms with E-state index in [2.05, 4.69) is 44.0 Å². The summed E-state index contributed by atoms with van der Waals surface area (Å²) in [4.78, 5) is 13.6. The molecule has 1 aromatic carbocycles. The van der Waals surface area contributed by atoms with E-state index in [0.29, 0.717) is 0 Å². The first kappa shape index (κ1) is 13.1. The van der Waals surface area contributed by atoms with Crippen LogP contribution in [0.25, 0.3) is 0 Å². The van der Waals surface area contributed by atoms with Gasteiger partial charge in [0.15, 0.2) is 0 Å². The highest BCUT2D eigenvalue weighted by molar-refractivity contribution is 5.62. The fourth-order valence-electron chi connectivity index (χ4n) is 3.13. The van der Waals surface area contributed by atoms with Crippen molar-refractivity contribution in [3.05, 3.63) is 29.3 Å². The number of aldehydes is 1. The van der Waals surface area contributed by atoms with Crippen LogP contribution in [-0.4, -0.2) is 19.9 Å². The van der Waals surface area contributed by atoms with Crippen LogP contribution in [0.4, 0.5) is 5.69 Å². The minimum atomic E-state index is -0.105. The predicted molar refractivity (Wildman–Crippen MR) is 76.2 cm³/mol. The van der Waals surface area contributed by atoms with Crippen LogP contribution in [0.15, 0.2) is 18.2 Å². The van der Waals surface area contributed by atoms with Gasteiger partial charge in [-0.05, 0) is 49.9 Å². The van der Waals surface area contributed by atoms with Gasteiger partial charge in [0, 0.05) is 24.7 Å². The van der Waals surface area contributed by atoms with Crippen LogP contribution in [-0.2, 0) is 4.79 Å². The van der Waals surface area contributed by atoms with Crippen LogP contribution >= 0.6 is 0 Å². The van der Waals surface area contributed by atoms with Crippen LogP contribution in [0.5, 0.6) is 0 Å². The van der Waals surface area contributed by atoms with Gasteiger partial charge in [0.1, 0.15) is 6.29 Å². The summed E-state index contributed by atoms with van der Waals surface area (Å²) in [6, 6.07) is 6.57. The number of aryl methyl sites for hydroxylation is 2. The molecule has 98 valence electrons. The summed E-state index contributed by atoms with van der Waals surface area (Å²) in [5.41, 5.74) is 3.68. The van der Waals surface area contributed by atoms with Crippen molar-refractivity contribution in [2.75, 3.05) is 18.5 Å². The first-order valence-corrected chi connectivity index (χ1v) is 6.80. The van der Waals surface area contributed by atoms with Gasteiger partial charge < -0.3 is 9.69 Å². The summed E-state index contributed by atoms with van der Waals surface area (Å²) in [6.45, 7) is 5.09. The lowest BCUT2D eigenvalue weighted by Gasteiger charge is -2.30. The molecule has 0 amide bonds. The minimum absolute atomic E-state index is 0.105. The van der Waals surface area contributed by atoms with E-state index in [9.17, 15) is 4.79 Å². The van der Waals surface area contributed by atoms with Crippen LogP contribution in [0.1, 0.15) is 36.8 Å². The molecule has 1 fully saturated rings. The summed E-state index contributed by atoms with van der Waals surface area (Å²) in [5.74, 6) is 0. The van der Waals surface area contributed by atoms with E-state index in [1.807, 2.05) is 0 Å². The Morgan fingerprint density at radius 1 is 1.17 bits per heavy atom. The third-order valence-corrected chi connectivity index (χ3v) is 4.05. The second-order valence-electron chi connectivity index (χ2n) is 5.89. The zero-order valence-electron chi connectivity index (χ0n) is 11.7. The summed E-state index contributed by atoms with van der Waals surface area (Å²) in [7, 11) is 2.10. The molecular weight excluding hydrogens is 222 g/mol. The lowest BCUT2D eigenvalue weighted by Crippen LogP contribution is -2.35. The average Bonchev–Trinajstić information content (AvgIpc) is 2.77. The first-order valence-electron chi connectivity index (χ1n) is 6.80. The minimum Gasteiger partial charge on any atom is -0.374 e. The van der Waals surface area contributed by atoms with Crippen molar-refractivity contribution in [1.82, 2.24) is 0 Å². The van der Waals surface area contributed by atoms with Gasteiger partial charge in [-0.3, -0.25) is 0 Å². The van der Waals surface area contributed by atoms with E-state index in [-0.39, 0.29) is 5.41 Å². The Hall–Kier alpha value is -1.31. The molecular formula is C16H23NO. The second kappa shape index (κ2) is 5.13. The normalized spacial score (nSPS) is 17.7. The maximum absolute atomic E-state index is 11.4. The van der Waals surface area contributed by atoms with Crippen LogP contribution in [0, 0.1) is 19.3 Å². The molecule has 0 unspecified atom stereocenters. The molecule has 0 aliphatic heterocycles. The molecule has 0 N–H and O–H groups in total. The smallest absolute Gasteiger partial charge is 0.127 e. The lowest BCUT2D eigenvalue weighted by atomic mass is 9.87.